The highest BCUT2D eigenvalue weighted by molar-refractivity contribution is 7.09. The molecule has 2 rings (SSSR count). The fourth-order valence-corrected chi connectivity index (χ4v) is 2.22. The van der Waals surface area contributed by atoms with Gasteiger partial charge in [0, 0.05) is 18.3 Å². The van der Waals surface area contributed by atoms with E-state index in [1.165, 1.54) is 24.2 Å². The Kier molecular flexibility index (Phi) is 3.25. The van der Waals surface area contributed by atoms with Gasteiger partial charge in [-0.2, -0.15) is 0 Å². The van der Waals surface area contributed by atoms with Crippen molar-refractivity contribution in [3.63, 3.8) is 0 Å². The number of carbonyl (C=O) groups is 1. The van der Waals surface area contributed by atoms with Gasteiger partial charge >= 0.3 is 0 Å². The minimum absolute atomic E-state index is 0.0624. The highest BCUT2D eigenvalue weighted by Gasteiger charge is 2.37. The first kappa shape index (κ1) is 11.5. The summed E-state index contributed by atoms with van der Waals surface area (Å²) in [4.78, 5) is 16.0. The molecule has 16 heavy (non-hydrogen) atoms. The Morgan fingerprint density at radius 3 is 3.06 bits per heavy atom. The summed E-state index contributed by atoms with van der Waals surface area (Å²) in [6.45, 7) is 3.52. The molecule has 0 spiro atoms. The molecule has 1 heterocycles. The number of hydrogen-bond donors (Lipinski definition) is 2. The Morgan fingerprint density at radius 2 is 2.44 bits per heavy atom. The Hall–Kier alpha value is -0.940. The van der Waals surface area contributed by atoms with E-state index in [9.17, 15) is 4.79 Å². The van der Waals surface area contributed by atoms with Gasteiger partial charge in [0.25, 0.3) is 5.91 Å². The van der Waals surface area contributed by atoms with Crippen molar-refractivity contribution in [2.24, 2.45) is 11.1 Å². The first-order chi connectivity index (χ1) is 7.63. The van der Waals surface area contributed by atoms with Crippen LogP contribution >= 0.6 is 11.3 Å². The molecule has 4 nitrogen and oxygen atoms in total. The van der Waals surface area contributed by atoms with Gasteiger partial charge in [0.15, 0.2) is 0 Å². The molecule has 1 aromatic heterocycles. The number of nitrogens with one attached hydrogen (secondary N) is 1. The largest absolute Gasteiger partial charge is 0.350 e. The third kappa shape index (κ3) is 2.80. The summed E-state index contributed by atoms with van der Waals surface area (Å²) in [6.07, 6.45) is 3.17. The summed E-state index contributed by atoms with van der Waals surface area (Å²) >= 11 is 1.50. The molecular formula is C11H17N3OS. The van der Waals surface area contributed by atoms with E-state index in [2.05, 4.69) is 17.2 Å². The first-order valence-corrected chi connectivity index (χ1v) is 6.44. The topological polar surface area (TPSA) is 68.0 Å². The number of thiazole rings is 1. The van der Waals surface area contributed by atoms with Crippen LogP contribution in [0.3, 0.4) is 0 Å². The van der Waals surface area contributed by atoms with Gasteiger partial charge in [-0.15, -0.1) is 11.3 Å². The second-order valence-electron chi connectivity index (χ2n) is 4.66. The lowest BCUT2D eigenvalue weighted by Gasteiger charge is -2.08. The van der Waals surface area contributed by atoms with Crippen LogP contribution in [0.4, 0.5) is 0 Å². The number of carbonyl (C=O) groups excluding carboxylic acids is 1. The van der Waals surface area contributed by atoms with Crippen molar-refractivity contribution in [3.05, 3.63) is 16.1 Å². The van der Waals surface area contributed by atoms with E-state index in [0.29, 0.717) is 17.7 Å². The summed E-state index contributed by atoms with van der Waals surface area (Å²) in [6, 6.07) is 0. The van der Waals surface area contributed by atoms with Gasteiger partial charge in [-0.3, -0.25) is 4.79 Å². The molecule has 3 N–H and O–H groups in total. The Bertz CT molecular complexity index is 384. The molecule has 0 saturated heterocycles. The summed E-state index contributed by atoms with van der Waals surface area (Å²) < 4.78 is 0. The average Bonchev–Trinajstić information content (AvgIpc) is 2.81. The van der Waals surface area contributed by atoms with Crippen molar-refractivity contribution >= 4 is 17.2 Å². The second-order valence-corrected chi connectivity index (χ2v) is 5.60. The predicted octanol–water partition coefficient (Wildman–Crippen LogP) is 1.17. The quantitative estimate of drug-likeness (QED) is 0.810. The zero-order valence-corrected chi connectivity index (χ0v) is 10.3. The lowest BCUT2D eigenvalue weighted by molar-refractivity contribution is 0.0941. The molecule has 1 aliphatic rings. The highest BCUT2D eigenvalue weighted by atomic mass is 32.1. The van der Waals surface area contributed by atoms with Gasteiger partial charge in [0.1, 0.15) is 5.69 Å². The number of amides is 1. The van der Waals surface area contributed by atoms with Crippen LogP contribution in [0.1, 0.15) is 35.3 Å². The Balaban J connectivity index is 1.87. The number of nitrogens with zero attached hydrogens (tertiary/aromatic N) is 1. The molecule has 0 aromatic carbocycles. The van der Waals surface area contributed by atoms with Crippen LogP contribution < -0.4 is 11.1 Å². The molecular weight excluding hydrogens is 222 g/mol. The maximum absolute atomic E-state index is 11.7. The van der Waals surface area contributed by atoms with Crippen LogP contribution in [0, 0.1) is 5.41 Å². The maximum atomic E-state index is 11.7. The molecule has 1 aliphatic carbocycles. The minimum atomic E-state index is -0.0624. The van der Waals surface area contributed by atoms with Crippen LogP contribution in [0.25, 0.3) is 0 Å². The van der Waals surface area contributed by atoms with Crippen LogP contribution in [0.5, 0.6) is 0 Å². The maximum Gasteiger partial charge on any atom is 0.270 e. The van der Waals surface area contributed by atoms with Gasteiger partial charge in [0.2, 0.25) is 0 Å². The van der Waals surface area contributed by atoms with Crippen LogP contribution in [0.15, 0.2) is 5.38 Å². The molecule has 0 aliphatic heterocycles. The van der Waals surface area contributed by atoms with E-state index in [4.69, 9.17) is 5.73 Å². The van der Waals surface area contributed by atoms with Crippen LogP contribution in [-0.4, -0.2) is 24.0 Å². The molecule has 0 atom stereocenters. The fraction of sp³-hybridized carbons (Fsp3) is 0.636. The van der Waals surface area contributed by atoms with E-state index in [1.54, 1.807) is 5.38 Å². The summed E-state index contributed by atoms with van der Waals surface area (Å²) in [7, 11) is 0. The summed E-state index contributed by atoms with van der Waals surface area (Å²) in [5.41, 5.74) is 6.30. The number of aromatic nitrogens is 1. The monoisotopic (exact) mass is 239 g/mol. The van der Waals surface area contributed by atoms with E-state index in [0.717, 1.165) is 18.0 Å². The molecule has 5 heteroatoms. The molecule has 88 valence electrons. The molecule has 0 radical (unpaired) electrons. The molecule has 1 aromatic rings. The first-order valence-electron chi connectivity index (χ1n) is 5.56. The van der Waals surface area contributed by atoms with E-state index in [1.807, 2.05) is 0 Å². The molecule has 1 fully saturated rings. The number of rotatable bonds is 5. The second kappa shape index (κ2) is 4.51. The molecule has 1 saturated carbocycles. The summed E-state index contributed by atoms with van der Waals surface area (Å²) in [5, 5.41) is 5.67. The zero-order valence-electron chi connectivity index (χ0n) is 9.45. The van der Waals surface area contributed by atoms with Crippen LogP contribution in [-0.2, 0) is 6.42 Å². The smallest absolute Gasteiger partial charge is 0.270 e. The van der Waals surface area contributed by atoms with E-state index in [-0.39, 0.29) is 5.91 Å². The zero-order chi connectivity index (χ0) is 11.6. The summed E-state index contributed by atoms with van der Waals surface area (Å²) in [5.74, 6) is -0.0624. The standard InChI is InChI=1S/C11H17N3OS/c1-11(3-4-11)7-13-10(15)8-6-16-9(14-8)2-5-12/h6H,2-5,7,12H2,1H3,(H,13,15). The number of nitrogens with two attached hydrogens (primary N) is 1. The molecule has 0 unspecified atom stereocenters. The van der Waals surface area contributed by atoms with Gasteiger partial charge in [-0.1, -0.05) is 6.92 Å². The van der Waals surface area contributed by atoms with Gasteiger partial charge in [0.05, 0.1) is 5.01 Å². The average molecular weight is 239 g/mol. The van der Waals surface area contributed by atoms with Gasteiger partial charge in [-0.05, 0) is 24.8 Å². The van der Waals surface area contributed by atoms with Gasteiger partial charge < -0.3 is 11.1 Å². The molecule has 1 amide bonds. The minimum Gasteiger partial charge on any atom is -0.350 e. The van der Waals surface area contributed by atoms with E-state index >= 15 is 0 Å². The third-order valence-electron chi connectivity index (χ3n) is 2.92. The molecule has 0 bridgehead atoms. The lowest BCUT2D eigenvalue weighted by atomic mass is 10.1. The van der Waals surface area contributed by atoms with Crippen molar-refractivity contribution in [3.8, 4) is 0 Å². The fourth-order valence-electron chi connectivity index (χ4n) is 1.43. The van der Waals surface area contributed by atoms with Crippen molar-refractivity contribution in [1.82, 2.24) is 10.3 Å². The third-order valence-corrected chi connectivity index (χ3v) is 3.83. The van der Waals surface area contributed by atoms with Crippen LogP contribution in [0.2, 0.25) is 0 Å². The predicted molar refractivity (Wildman–Crippen MR) is 64.5 cm³/mol. The van der Waals surface area contributed by atoms with Crippen molar-refractivity contribution < 1.29 is 4.79 Å². The van der Waals surface area contributed by atoms with Crippen molar-refractivity contribution in [1.29, 1.82) is 0 Å². The van der Waals surface area contributed by atoms with Gasteiger partial charge in [-0.25, -0.2) is 4.98 Å². The Labute approximate surface area is 99.3 Å². The normalized spacial score (nSPS) is 17.1. The number of hydrogen-bond acceptors (Lipinski definition) is 4. The van der Waals surface area contributed by atoms with Crippen molar-refractivity contribution in [2.75, 3.05) is 13.1 Å². The SMILES string of the molecule is CC1(CNC(=O)c2csc(CCN)n2)CC1. The van der Waals surface area contributed by atoms with E-state index < -0.39 is 0 Å². The lowest BCUT2D eigenvalue weighted by Crippen LogP contribution is -2.29. The highest BCUT2D eigenvalue weighted by Crippen LogP contribution is 2.44. The Morgan fingerprint density at radius 1 is 1.69 bits per heavy atom. The van der Waals surface area contributed by atoms with Crippen molar-refractivity contribution in [2.45, 2.75) is 26.2 Å².